The second-order valence-corrected chi connectivity index (χ2v) is 7.75. The van der Waals surface area contributed by atoms with E-state index >= 15 is 0 Å². The number of benzene rings is 1. The lowest BCUT2D eigenvalue weighted by molar-refractivity contribution is 0.0966. The zero-order valence-corrected chi connectivity index (χ0v) is 16.0. The summed E-state index contributed by atoms with van der Waals surface area (Å²) in [6, 6.07) is 10.5. The van der Waals surface area contributed by atoms with Crippen molar-refractivity contribution >= 4 is 43.3 Å². The molecular formula is C18H12BrN3O3S. The molecule has 4 aromatic rings. The summed E-state index contributed by atoms with van der Waals surface area (Å²) in [6.45, 7) is 1.66. The molecule has 0 N–H and O–H groups in total. The molecule has 0 fully saturated rings. The van der Waals surface area contributed by atoms with Crippen LogP contribution in [0.2, 0.25) is 0 Å². The number of ketones is 1. The fourth-order valence-corrected chi connectivity index (χ4v) is 3.94. The minimum atomic E-state index is -0.386. The maximum Gasteiger partial charge on any atom is 0.294 e. The molecule has 26 heavy (non-hydrogen) atoms. The lowest BCUT2D eigenvalue weighted by Gasteiger charge is -2.07. The topological polar surface area (TPSA) is 78.0 Å². The minimum Gasteiger partial charge on any atom is -0.463 e. The number of hydrogen-bond donors (Lipinski definition) is 0. The molecule has 0 aliphatic heterocycles. The number of furan rings is 1. The lowest BCUT2D eigenvalue weighted by atomic mass is 10.1. The zero-order chi connectivity index (χ0) is 18.3. The average molecular weight is 430 g/mol. The van der Waals surface area contributed by atoms with Crippen LogP contribution in [0.1, 0.15) is 15.4 Å². The number of carbonyl (C=O) groups is 1. The fourth-order valence-electron chi connectivity index (χ4n) is 2.64. The summed E-state index contributed by atoms with van der Waals surface area (Å²) in [6.07, 6.45) is 1.54. The van der Waals surface area contributed by atoms with Gasteiger partial charge in [0.15, 0.2) is 17.1 Å². The van der Waals surface area contributed by atoms with Crippen LogP contribution in [0.5, 0.6) is 0 Å². The molecule has 0 saturated carbocycles. The van der Waals surface area contributed by atoms with Crippen molar-refractivity contribution in [3.8, 4) is 11.5 Å². The minimum absolute atomic E-state index is 0.171. The molecule has 0 bridgehead atoms. The highest BCUT2D eigenvalue weighted by molar-refractivity contribution is 9.10. The number of nitrogens with zero attached hydrogens (tertiary/aromatic N) is 3. The molecule has 0 spiro atoms. The van der Waals surface area contributed by atoms with Gasteiger partial charge in [-0.2, -0.15) is 5.10 Å². The van der Waals surface area contributed by atoms with Crippen LogP contribution < -0.4 is 5.56 Å². The molecule has 0 amide bonds. The van der Waals surface area contributed by atoms with Crippen LogP contribution in [-0.2, 0) is 6.54 Å². The van der Waals surface area contributed by atoms with E-state index in [2.05, 4.69) is 26.0 Å². The molecule has 0 atom stereocenters. The van der Waals surface area contributed by atoms with Crippen LogP contribution in [0, 0.1) is 6.92 Å². The van der Waals surface area contributed by atoms with Crippen LogP contribution in [0.25, 0.3) is 21.7 Å². The number of Topliss-reactive ketones (excluding diaryl/α,β-unsaturated/α-hetero) is 1. The molecule has 1 aromatic carbocycles. The SMILES string of the molecule is Cc1nc2c(=O)n(CC(=O)c3cccc(Br)c3)nc(-c3ccco3)c2s1. The number of aromatic nitrogens is 3. The molecule has 0 aliphatic rings. The Hall–Kier alpha value is -2.58. The third-order valence-corrected chi connectivity index (χ3v) is 5.27. The van der Waals surface area contributed by atoms with Gasteiger partial charge in [0.1, 0.15) is 12.2 Å². The normalized spacial score (nSPS) is 11.2. The number of thiazole rings is 1. The predicted octanol–water partition coefficient (Wildman–Crippen LogP) is 4.07. The Morgan fingerprint density at radius 2 is 2.15 bits per heavy atom. The molecule has 8 heteroatoms. The molecule has 0 aliphatic carbocycles. The maximum absolute atomic E-state index is 12.7. The number of aryl methyl sites for hydroxylation is 1. The quantitative estimate of drug-likeness (QED) is 0.457. The van der Waals surface area contributed by atoms with Gasteiger partial charge in [-0.15, -0.1) is 11.3 Å². The predicted molar refractivity (Wildman–Crippen MR) is 103 cm³/mol. The van der Waals surface area contributed by atoms with Gasteiger partial charge in [0.05, 0.1) is 16.0 Å². The van der Waals surface area contributed by atoms with E-state index in [-0.39, 0.29) is 17.9 Å². The van der Waals surface area contributed by atoms with Gasteiger partial charge in [0.25, 0.3) is 5.56 Å². The van der Waals surface area contributed by atoms with Crippen LogP contribution in [0.4, 0.5) is 0 Å². The Balaban J connectivity index is 1.84. The van der Waals surface area contributed by atoms with E-state index in [9.17, 15) is 9.59 Å². The first-order valence-corrected chi connectivity index (χ1v) is 9.35. The molecule has 4 rings (SSSR count). The van der Waals surface area contributed by atoms with Crippen LogP contribution in [0.3, 0.4) is 0 Å². The Morgan fingerprint density at radius 3 is 2.88 bits per heavy atom. The number of rotatable bonds is 4. The van der Waals surface area contributed by atoms with Gasteiger partial charge < -0.3 is 4.42 Å². The number of hydrogen-bond acceptors (Lipinski definition) is 6. The van der Waals surface area contributed by atoms with Crippen molar-refractivity contribution in [3.63, 3.8) is 0 Å². The molecule has 0 unspecified atom stereocenters. The highest BCUT2D eigenvalue weighted by Gasteiger charge is 2.19. The van der Waals surface area contributed by atoms with E-state index in [0.717, 1.165) is 14.2 Å². The van der Waals surface area contributed by atoms with Gasteiger partial charge in [-0.05, 0) is 31.2 Å². The standard InChI is InChI=1S/C18H12BrN3O3S/c1-10-20-16-17(26-10)15(14-6-3-7-25-14)21-22(18(16)24)9-13(23)11-4-2-5-12(19)8-11/h2-8H,9H2,1H3. The van der Waals surface area contributed by atoms with E-state index in [1.165, 1.54) is 11.3 Å². The number of fused-ring (bicyclic) bond motifs is 1. The molecule has 0 saturated heterocycles. The summed E-state index contributed by atoms with van der Waals surface area (Å²) in [5.41, 5.74) is 0.929. The van der Waals surface area contributed by atoms with Crippen LogP contribution in [-0.4, -0.2) is 20.5 Å². The van der Waals surface area contributed by atoms with E-state index in [1.807, 2.05) is 13.0 Å². The third-order valence-electron chi connectivity index (χ3n) is 3.80. The van der Waals surface area contributed by atoms with Crippen molar-refractivity contribution in [2.24, 2.45) is 0 Å². The van der Waals surface area contributed by atoms with Gasteiger partial charge in [0.2, 0.25) is 0 Å². The second-order valence-electron chi connectivity index (χ2n) is 5.63. The van der Waals surface area contributed by atoms with Gasteiger partial charge in [-0.25, -0.2) is 9.67 Å². The molecule has 130 valence electrons. The first-order chi connectivity index (χ1) is 12.5. The summed E-state index contributed by atoms with van der Waals surface area (Å²) in [5.74, 6) is 0.319. The Kier molecular flexibility index (Phi) is 4.29. The first-order valence-electron chi connectivity index (χ1n) is 7.74. The average Bonchev–Trinajstić information content (AvgIpc) is 3.27. The zero-order valence-electron chi connectivity index (χ0n) is 13.6. The molecule has 6 nitrogen and oxygen atoms in total. The van der Waals surface area contributed by atoms with Crippen molar-refractivity contribution in [2.45, 2.75) is 13.5 Å². The van der Waals surface area contributed by atoms with Gasteiger partial charge >= 0.3 is 0 Å². The largest absolute Gasteiger partial charge is 0.463 e. The van der Waals surface area contributed by atoms with E-state index in [4.69, 9.17) is 4.42 Å². The highest BCUT2D eigenvalue weighted by atomic mass is 79.9. The summed E-state index contributed by atoms with van der Waals surface area (Å²) < 4.78 is 8.06. The second kappa shape index (κ2) is 6.62. The Morgan fingerprint density at radius 1 is 1.31 bits per heavy atom. The summed E-state index contributed by atoms with van der Waals surface area (Å²) in [7, 11) is 0. The van der Waals surface area contributed by atoms with Crippen molar-refractivity contribution in [1.82, 2.24) is 14.8 Å². The Labute approximate surface area is 160 Å². The van der Waals surface area contributed by atoms with E-state index in [1.54, 1.807) is 36.6 Å². The summed E-state index contributed by atoms with van der Waals surface area (Å²) in [5, 5.41) is 5.14. The monoisotopic (exact) mass is 429 g/mol. The number of carbonyl (C=O) groups excluding carboxylic acids is 1. The van der Waals surface area contributed by atoms with Crippen LogP contribution in [0.15, 0.2) is 56.3 Å². The van der Waals surface area contributed by atoms with Crippen molar-refractivity contribution < 1.29 is 9.21 Å². The molecular weight excluding hydrogens is 418 g/mol. The van der Waals surface area contributed by atoms with E-state index in [0.29, 0.717) is 27.2 Å². The summed E-state index contributed by atoms with van der Waals surface area (Å²) >= 11 is 4.73. The van der Waals surface area contributed by atoms with Crippen molar-refractivity contribution in [1.29, 1.82) is 0 Å². The van der Waals surface area contributed by atoms with E-state index < -0.39 is 0 Å². The van der Waals surface area contributed by atoms with Crippen molar-refractivity contribution in [2.75, 3.05) is 0 Å². The molecule has 3 aromatic heterocycles. The number of halogens is 1. The van der Waals surface area contributed by atoms with Crippen molar-refractivity contribution in [3.05, 3.63) is 68.1 Å². The molecule has 0 radical (unpaired) electrons. The van der Waals surface area contributed by atoms with Crippen LogP contribution >= 0.6 is 27.3 Å². The highest BCUT2D eigenvalue weighted by Crippen LogP contribution is 2.29. The Bertz CT molecular complexity index is 1180. The van der Waals surface area contributed by atoms with Gasteiger partial charge in [0, 0.05) is 10.0 Å². The smallest absolute Gasteiger partial charge is 0.294 e. The third kappa shape index (κ3) is 3.02. The lowest BCUT2D eigenvalue weighted by Crippen LogP contribution is -2.27. The maximum atomic E-state index is 12.7. The summed E-state index contributed by atoms with van der Waals surface area (Å²) in [4.78, 5) is 29.7. The fraction of sp³-hybridized carbons (Fsp3) is 0.111. The van der Waals surface area contributed by atoms with Gasteiger partial charge in [-0.1, -0.05) is 28.1 Å². The van der Waals surface area contributed by atoms with Gasteiger partial charge in [-0.3, -0.25) is 9.59 Å². The molecule has 3 heterocycles. The first kappa shape index (κ1) is 16.9.